The van der Waals surface area contributed by atoms with E-state index in [1.807, 2.05) is 58.3 Å². The molecule has 0 saturated heterocycles. The predicted molar refractivity (Wildman–Crippen MR) is 526 cm³/mol. The van der Waals surface area contributed by atoms with Gasteiger partial charge >= 0.3 is 0 Å². The maximum atomic E-state index is 15.0. The van der Waals surface area contributed by atoms with E-state index < -0.39 is 0 Å². The van der Waals surface area contributed by atoms with E-state index >= 15 is 9.59 Å². The quantitative estimate of drug-likeness (QED) is 0.0207. The number of nitrogens with one attached hydrogen (secondary N) is 1. The summed E-state index contributed by atoms with van der Waals surface area (Å²) in [6.07, 6.45) is 78.2. The number of hydrogen-bond acceptors (Lipinski definition) is 4. The molecule has 0 unspecified atom stereocenters. The molecule has 0 spiro atoms. The SMILES string of the molecule is C.CCCCCCCCCCC(CCCCCCCCCC)CCN1C(=O)/C(=C2/C(=O)N(CCC(CCCCCCCCCC)CCCCCCCCCC)c3cc(Br)ccc32)c2ccc(Br)cc21.CCCCCCCCCCC(CCI)CCCCCCCCCC.O=C1Cc2cc(Br)ccc2/C1=C1\C(=O)Nc2cc(Br)ccc21. The molecular weight excluding hydrogens is 1790 g/mol. The molecule has 1 N–H and O–H groups in total. The molecule has 0 saturated carbocycles. The number of rotatable bonds is 62. The van der Waals surface area contributed by atoms with Gasteiger partial charge < -0.3 is 15.1 Å². The zero-order chi connectivity index (χ0) is 81.8. The van der Waals surface area contributed by atoms with Crippen molar-refractivity contribution < 1.29 is 19.2 Å². The van der Waals surface area contributed by atoms with Crippen molar-refractivity contribution in [1.29, 1.82) is 0 Å². The summed E-state index contributed by atoms with van der Waals surface area (Å²) in [5.74, 6) is 2.03. The third-order valence-corrected chi connectivity index (χ3v) is 27.6. The first-order valence-electron chi connectivity index (χ1n) is 47.4. The van der Waals surface area contributed by atoms with Gasteiger partial charge in [-0.3, -0.25) is 19.2 Å². The second-order valence-electron chi connectivity index (χ2n) is 34.5. The molecule has 3 aliphatic heterocycles. The third-order valence-electron chi connectivity index (χ3n) is 25.0. The Labute approximate surface area is 751 Å². The summed E-state index contributed by atoms with van der Waals surface area (Å²) in [4.78, 5) is 59.1. The molecule has 0 fully saturated rings. The van der Waals surface area contributed by atoms with Crippen molar-refractivity contribution in [3.05, 3.63) is 119 Å². The zero-order valence-electron chi connectivity index (χ0n) is 72.7. The molecule has 115 heavy (non-hydrogen) atoms. The number of carbonyl (C=O) groups excluding carboxylic acids is 4. The lowest BCUT2D eigenvalue weighted by atomic mass is 9.91. The minimum Gasteiger partial charge on any atom is -0.321 e. The summed E-state index contributed by atoms with van der Waals surface area (Å²) < 4.78 is 5.12. The van der Waals surface area contributed by atoms with Crippen LogP contribution in [0.4, 0.5) is 17.1 Å². The van der Waals surface area contributed by atoms with E-state index in [4.69, 9.17) is 0 Å². The number of unbranched alkanes of at least 4 members (excludes halogenated alkanes) is 42. The van der Waals surface area contributed by atoms with Crippen LogP contribution in [0, 0.1) is 17.8 Å². The maximum Gasteiger partial charge on any atom is 0.259 e. The van der Waals surface area contributed by atoms with E-state index in [9.17, 15) is 9.59 Å². The van der Waals surface area contributed by atoms with E-state index in [-0.39, 0.29) is 30.9 Å². The molecule has 0 atom stereocenters. The first kappa shape index (κ1) is 103. The molecule has 7 nitrogen and oxygen atoms in total. The number of alkyl halides is 1. The molecule has 4 aromatic rings. The fourth-order valence-electron chi connectivity index (χ4n) is 18.0. The first-order valence-corrected chi connectivity index (χ1v) is 52.1. The summed E-state index contributed by atoms with van der Waals surface area (Å²) in [5.41, 5.74) is 9.25. The topological polar surface area (TPSA) is 86.8 Å². The number of nitrogens with zero attached hydrogens (tertiary/aromatic N) is 2. The van der Waals surface area contributed by atoms with Crippen molar-refractivity contribution in [2.24, 2.45) is 17.8 Å². The van der Waals surface area contributed by atoms with Crippen LogP contribution in [0.5, 0.6) is 0 Å². The van der Waals surface area contributed by atoms with Crippen molar-refractivity contribution in [3.63, 3.8) is 0 Å². The smallest absolute Gasteiger partial charge is 0.259 e. The highest BCUT2D eigenvalue weighted by atomic mass is 127. The highest BCUT2D eigenvalue weighted by molar-refractivity contribution is 14.1. The molecule has 646 valence electrons. The minimum absolute atomic E-state index is 0. The molecule has 0 aromatic heterocycles. The number of hydrogen-bond donors (Lipinski definition) is 1. The zero-order valence-corrected chi connectivity index (χ0v) is 81.2. The molecular formula is C103H160Br4IN3O4. The van der Waals surface area contributed by atoms with Gasteiger partial charge in [0.2, 0.25) is 0 Å². The fourth-order valence-corrected chi connectivity index (χ4v) is 20.4. The number of Topliss-reactive ketones (excluding diaryl/α,β-unsaturated/α-hetero) is 1. The van der Waals surface area contributed by atoms with Crippen LogP contribution in [0.1, 0.15) is 443 Å². The Bertz CT molecular complexity index is 3180. The van der Waals surface area contributed by atoms with Crippen LogP contribution in [0.3, 0.4) is 0 Å². The molecule has 0 bridgehead atoms. The second-order valence-corrected chi connectivity index (χ2v) is 39.3. The monoisotopic (exact) mass is 1950 g/mol. The normalized spacial score (nSPS) is 14.8. The number of fused-ring (bicyclic) bond motifs is 4. The van der Waals surface area contributed by atoms with E-state index in [1.54, 1.807) is 0 Å². The molecule has 3 heterocycles. The molecule has 8 rings (SSSR count). The van der Waals surface area contributed by atoms with Gasteiger partial charge in [-0.15, -0.1) is 0 Å². The lowest BCUT2D eigenvalue weighted by Crippen LogP contribution is -2.31. The number of carbonyl (C=O) groups is 4. The fraction of sp³-hybridized carbons (Fsp3) is 0.689. The number of amides is 3. The molecule has 1 aliphatic carbocycles. The summed E-state index contributed by atoms with van der Waals surface area (Å²) in [6, 6.07) is 23.8. The van der Waals surface area contributed by atoms with Gasteiger partial charge in [0.05, 0.1) is 33.8 Å². The largest absolute Gasteiger partial charge is 0.321 e. The van der Waals surface area contributed by atoms with Crippen molar-refractivity contribution in [3.8, 4) is 0 Å². The average Bonchev–Trinajstić information content (AvgIpc) is 1.58. The molecule has 12 heteroatoms. The molecule has 3 amide bonds. The average molecular weight is 1950 g/mol. The Kier molecular flexibility index (Phi) is 56.3. The second kappa shape index (κ2) is 63.1. The summed E-state index contributed by atoms with van der Waals surface area (Å²) >= 11 is 16.9. The molecule has 0 radical (unpaired) electrons. The van der Waals surface area contributed by atoms with Crippen LogP contribution in [0.15, 0.2) is 90.7 Å². The van der Waals surface area contributed by atoms with E-state index in [2.05, 4.69) is 157 Å². The van der Waals surface area contributed by atoms with Gasteiger partial charge in [0, 0.05) is 59.7 Å². The van der Waals surface area contributed by atoms with E-state index in [0.29, 0.717) is 53.6 Å². The molecule has 4 aromatic carbocycles. The summed E-state index contributed by atoms with van der Waals surface area (Å²) in [7, 11) is 0. The Morgan fingerprint density at radius 3 is 0.896 bits per heavy atom. The standard InChI is InChI=1S/C62H100Br2N2O2.C23H47I.C17H9Br2NO2.CH4/c1-5-9-13-17-21-25-29-33-37-51(38-34-30-26-22-18-14-10-6-2)45-47-65-57-49-53(63)41-43-55(57)59(61(65)67)60-56-44-42-54(64)50-58(56)66(62(60)68)48-46-52(39-35-31-27-23-19-15-11-7-3)40-36-32-28-24-20-16-12-8-4;1-3-5-7-9-11-13-15-17-19-23(21-22-24)20-18-16-14-12-10-8-6-4-2;18-9-1-3-11-8(5-9)6-14(21)15(11)16-12-4-2-10(19)7-13(12)20-17(16)22;/h41-44,49-52H,5-40,45-48H2,1-4H3;23H,3-22H2,1-2H3;1-5,7H,6H2,(H,20,22);1H4/b60-59+;;16-15+;. The maximum absolute atomic E-state index is 15.0. The van der Waals surface area contributed by atoms with Crippen LogP contribution in [-0.2, 0) is 25.6 Å². The van der Waals surface area contributed by atoms with Gasteiger partial charge in [0.25, 0.3) is 17.7 Å². The lowest BCUT2D eigenvalue weighted by molar-refractivity contribution is -0.114. The van der Waals surface area contributed by atoms with Gasteiger partial charge in [-0.25, -0.2) is 0 Å². The first-order chi connectivity index (χ1) is 55.7. The van der Waals surface area contributed by atoms with E-state index in [1.165, 1.54) is 358 Å². The Morgan fingerprint density at radius 1 is 0.313 bits per heavy atom. The number of anilines is 3. The van der Waals surface area contributed by atoms with Gasteiger partial charge in [-0.2, -0.15) is 0 Å². The van der Waals surface area contributed by atoms with Gasteiger partial charge in [-0.1, -0.05) is 506 Å². The van der Waals surface area contributed by atoms with Crippen LogP contribution >= 0.6 is 86.3 Å². The van der Waals surface area contributed by atoms with Gasteiger partial charge in [0.15, 0.2) is 5.78 Å². The number of allylic oxidation sites excluding steroid dienone is 1. The third kappa shape index (κ3) is 38.2. The summed E-state index contributed by atoms with van der Waals surface area (Å²) in [5, 5.41) is 2.84. The van der Waals surface area contributed by atoms with Crippen LogP contribution < -0.4 is 15.1 Å². The highest BCUT2D eigenvalue weighted by Crippen LogP contribution is 2.49. The number of halogens is 5. The van der Waals surface area contributed by atoms with Crippen LogP contribution in [0.2, 0.25) is 0 Å². The van der Waals surface area contributed by atoms with Crippen LogP contribution in [0.25, 0.3) is 22.3 Å². The van der Waals surface area contributed by atoms with Crippen molar-refractivity contribution in [2.45, 2.75) is 421 Å². The highest BCUT2D eigenvalue weighted by Gasteiger charge is 2.43. The Balaban J connectivity index is 0.000000403. The van der Waals surface area contributed by atoms with Crippen molar-refractivity contribution in [2.75, 3.05) is 32.6 Å². The Morgan fingerprint density at radius 2 is 0.583 bits per heavy atom. The summed E-state index contributed by atoms with van der Waals surface area (Å²) in [6.45, 7) is 15.2. The van der Waals surface area contributed by atoms with Crippen LogP contribution in [-0.4, -0.2) is 41.0 Å². The van der Waals surface area contributed by atoms with Gasteiger partial charge in [-0.05, 0) is 101 Å². The predicted octanol–water partition coefficient (Wildman–Crippen LogP) is 35.3. The van der Waals surface area contributed by atoms with E-state index in [0.717, 1.165) is 81.5 Å². The number of benzene rings is 4. The van der Waals surface area contributed by atoms with Crippen molar-refractivity contribution >= 4 is 149 Å². The van der Waals surface area contributed by atoms with Gasteiger partial charge in [0.1, 0.15) is 0 Å². The lowest BCUT2D eigenvalue weighted by Gasteiger charge is -2.23. The number of ketones is 1. The van der Waals surface area contributed by atoms with Crippen molar-refractivity contribution in [1.82, 2.24) is 0 Å². The molecule has 4 aliphatic rings. The Hall–Kier alpha value is -2.91. The minimum atomic E-state index is -0.216.